The minimum Gasteiger partial charge on any atom is -0.487 e. The highest BCUT2D eigenvalue weighted by atomic mass is 19.1. The summed E-state index contributed by atoms with van der Waals surface area (Å²) in [5, 5.41) is 0.0594. The fourth-order valence-electron chi connectivity index (χ4n) is 6.29. The number of halogens is 1. The van der Waals surface area contributed by atoms with Crippen LogP contribution in [0, 0.1) is 11.7 Å². The van der Waals surface area contributed by atoms with E-state index in [0.29, 0.717) is 42.6 Å². The molecule has 1 saturated carbocycles. The van der Waals surface area contributed by atoms with E-state index < -0.39 is 11.2 Å². The minimum atomic E-state index is -0.641. The minimum absolute atomic E-state index is 0.0482. The number of benzene rings is 1. The number of aromatic nitrogens is 2. The molecule has 2 aliphatic heterocycles. The molecule has 2 aromatic heterocycles. The van der Waals surface area contributed by atoms with Crippen molar-refractivity contribution in [2.45, 2.75) is 51.0 Å². The molecule has 7 nitrogen and oxygen atoms in total. The number of rotatable bonds is 4. The molecule has 8 heteroatoms. The average Bonchev–Trinajstić information content (AvgIpc) is 3.50. The largest absolute Gasteiger partial charge is 0.487 e. The van der Waals surface area contributed by atoms with Gasteiger partial charge in [-0.2, -0.15) is 0 Å². The zero-order valence-corrected chi connectivity index (χ0v) is 19.8. The maximum atomic E-state index is 15.9. The highest BCUT2D eigenvalue weighted by molar-refractivity contribution is 6.05. The van der Waals surface area contributed by atoms with E-state index in [1.807, 2.05) is 27.7 Å². The van der Waals surface area contributed by atoms with Crippen molar-refractivity contribution in [3.05, 3.63) is 57.9 Å². The smallest absolute Gasteiger partial charge is 0.202 e. The van der Waals surface area contributed by atoms with Crippen LogP contribution < -0.4 is 20.8 Å². The molecule has 4 heterocycles. The van der Waals surface area contributed by atoms with Crippen molar-refractivity contribution in [3.63, 3.8) is 0 Å². The van der Waals surface area contributed by atoms with Gasteiger partial charge in [0.1, 0.15) is 12.3 Å². The first-order valence-corrected chi connectivity index (χ1v) is 12.4. The van der Waals surface area contributed by atoms with Crippen molar-refractivity contribution < 1.29 is 13.9 Å². The predicted molar refractivity (Wildman–Crippen MR) is 133 cm³/mol. The Morgan fingerprint density at radius 2 is 2.11 bits per heavy atom. The number of carbonyl (C=O) groups is 1. The first-order chi connectivity index (χ1) is 16.9. The van der Waals surface area contributed by atoms with Gasteiger partial charge in [-0.3, -0.25) is 14.6 Å². The van der Waals surface area contributed by atoms with Gasteiger partial charge < -0.3 is 19.9 Å². The summed E-state index contributed by atoms with van der Waals surface area (Å²) in [6.45, 7) is 3.06. The molecule has 3 aromatic rings. The van der Waals surface area contributed by atoms with E-state index in [0.717, 1.165) is 44.2 Å². The molecule has 3 aliphatic rings. The fourth-order valence-corrected chi connectivity index (χ4v) is 6.29. The van der Waals surface area contributed by atoms with Gasteiger partial charge in [-0.15, -0.1) is 0 Å². The fraction of sp³-hybridized carbons (Fsp3) is 0.444. The molecule has 1 atom stereocenters. The lowest BCUT2D eigenvalue weighted by molar-refractivity contribution is 0.101. The van der Waals surface area contributed by atoms with Gasteiger partial charge in [0.15, 0.2) is 17.3 Å². The van der Waals surface area contributed by atoms with Crippen LogP contribution in [0.2, 0.25) is 0 Å². The second kappa shape index (κ2) is 8.07. The lowest BCUT2D eigenvalue weighted by Crippen LogP contribution is -2.42. The average molecular weight is 477 g/mol. The second-order valence-corrected chi connectivity index (χ2v) is 10.3. The highest BCUT2D eigenvalue weighted by Crippen LogP contribution is 2.50. The summed E-state index contributed by atoms with van der Waals surface area (Å²) >= 11 is 0. The monoisotopic (exact) mass is 476 g/mol. The third kappa shape index (κ3) is 3.33. The number of fused-ring (bicyclic) bond motifs is 1. The number of nitrogen functional groups attached to an aromatic ring is 1. The van der Waals surface area contributed by atoms with Crippen molar-refractivity contribution in [1.82, 2.24) is 9.55 Å². The molecule has 1 unspecified atom stereocenters. The van der Waals surface area contributed by atoms with Crippen LogP contribution in [0.4, 0.5) is 15.8 Å². The Morgan fingerprint density at radius 3 is 2.83 bits per heavy atom. The van der Waals surface area contributed by atoms with Crippen LogP contribution in [-0.2, 0) is 12.0 Å². The Hall–Kier alpha value is -3.42. The number of pyridine rings is 2. The summed E-state index contributed by atoms with van der Waals surface area (Å²) in [4.78, 5) is 32.1. The zero-order chi connectivity index (χ0) is 24.3. The number of ketones is 1. The molecular formula is C27H29FN4O3. The summed E-state index contributed by atoms with van der Waals surface area (Å²) in [6.07, 6.45) is 8.99. The summed E-state index contributed by atoms with van der Waals surface area (Å²) in [7, 11) is 0. The third-order valence-corrected chi connectivity index (χ3v) is 8.09. The van der Waals surface area contributed by atoms with Gasteiger partial charge in [0.2, 0.25) is 5.43 Å². The molecule has 0 amide bonds. The standard InChI is InChI=1S/C27H29FN4O3/c1-16(33)19-14-32-23-20(25(19)34)22(29)21(28)24(26(23)35-15-27(32)8-3-4-9-27)31-11-7-17(13-31)12-18-6-2-5-10-30-18/h2,5-6,10,14,17H,3-4,7-9,11-13,15,29H2,1H3. The third-order valence-electron chi connectivity index (χ3n) is 8.09. The second-order valence-electron chi connectivity index (χ2n) is 10.3. The number of anilines is 2. The van der Waals surface area contributed by atoms with Crippen molar-refractivity contribution in [3.8, 4) is 5.75 Å². The van der Waals surface area contributed by atoms with Gasteiger partial charge >= 0.3 is 0 Å². The van der Waals surface area contributed by atoms with Gasteiger partial charge in [0, 0.05) is 31.2 Å². The first-order valence-electron chi connectivity index (χ1n) is 12.4. The van der Waals surface area contributed by atoms with Gasteiger partial charge in [-0.1, -0.05) is 18.9 Å². The topological polar surface area (TPSA) is 90.5 Å². The van der Waals surface area contributed by atoms with Gasteiger partial charge in [-0.05, 0) is 50.7 Å². The van der Waals surface area contributed by atoms with Gasteiger partial charge in [0.25, 0.3) is 0 Å². The Balaban J connectivity index is 1.51. The van der Waals surface area contributed by atoms with Gasteiger partial charge in [0.05, 0.1) is 27.7 Å². The van der Waals surface area contributed by atoms with E-state index in [2.05, 4.69) is 4.98 Å². The van der Waals surface area contributed by atoms with Crippen molar-refractivity contribution >= 4 is 28.1 Å². The molecule has 2 N–H and O–H groups in total. The van der Waals surface area contributed by atoms with E-state index in [4.69, 9.17) is 10.5 Å². The molecule has 1 aliphatic carbocycles. The Morgan fingerprint density at radius 1 is 1.31 bits per heavy atom. The lowest BCUT2D eigenvalue weighted by atomic mass is 9.93. The number of ether oxygens (including phenoxy) is 1. The summed E-state index contributed by atoms with van der Waals surface area (Å²) in [5.41, 5.74) is 7.17. The molecule has 6 rings (SSSR count). The van der Waals surface area contributed by atoms with Crippen molar-refractivity contribution in [2.24, 2.45) is 5.92 Å². The Bertz CT molecular complexity index is 1400. The highest BCUT2D eigenvalue weighted by Gasteiger charge is 2.43. The van der Waals surface area contributed by atoms with E-state index in [1.54, 1.807) is 12.4 Å². The van der Waals surface area contributed by atoms with E-state index in [1.165, 1.54) is 6.92 Å². The number of nitrogens with zero attached hydrogens (tertiary/aromatic N) is 3. The molecular weight excluding hydrogens is 447 g/mol. The maximum Gasteiger partial charge on any atom is 0.202 e. The summed E-state index contributed by atoms with van der Waals surface area (Å²) in [6, 6.07) is 5.88. The number of Topliss-reactive ketones (excluding diaryl/α,β-unsaturated/α-hetero) is 1. The number of hydrogen-bond donors (Lipinski definition) is 1. The van der Waals surface area contributed by atoms with Crippen LogP contribution in [0.25, 0.3) is 10.9 Å². The normalized spacial score (nSPS) is 20.5. The van der Waals surface area contributed by atoms with Crippen LogP contribution in [-0.4, -0.2) is 35.0 Å². The Labute approximate surface area is 202 Å². The molecule has 1 saturated heterocycles. The molecule has 1 aromatic carbocycles. The summed E-state index contributed by atoms with van der Waals surface area (Å²) < 4.78 is 24.3. The number of nitrogens with two attached hydrogens (primary N) is 1. The summed E-state index contributed by atoms with van der Waals surface area (Å²) in [5.74, 6) is -0.296. The SMILES string of the molecule is CC(=O)c1cn2c3c(c(N4CCC(Cc5ccccn5)C4)c(F)c(N)c3c1=O)OCC21CCCC1. The zero-order valence-electron chi connectivity index (χ0n) is 19.8. The maximum absolute atomic E-state index is 15.9. The van der Waals surface area contributed by atoms with Crippen molar-refractivity contribution in [2.75, 3.05) is 30.3 Å². The van der Waals surface area contributed by atoms with Crippen LogP contribution in [0.15, 0.2) is 35.4 Å². The first kappa shape index (κ1) is 22.1. The molecule has 182 valence electrons. The molecule has 0 bridgehead atoms. The Kier molecular flexibility index (Phi) is 5.09. The van der Waals surface area contributed by atoms with Crippen LogP contribution in [0.5, 0.6) is 5.75 Å². The molecule has 35 heavy (non-hydrogen) atoms. The molecule has 1 spiro atoms. The van der Waals surface area contributed by atoms with E-state index >= 15 is 4.39 Å². The van der Waals surface area contributed by atoms with E-state index in [9.17, 15) is 9.59 Å². The van der Waals surface area contributed by atoms with Crippen LogP contribution >= 0.6 is 0 Å². The van der Waals surface area contributed by atoms with Crippen molar-refractivity contribution in [1.29, 1.82) is 0 Å². The number of carbonyl (C=O) groups excluding carboxylic acids is 1. The van der Waals surface area contributed by atoms with Crippen LogP contribution in [0.3, 0.4) is 0 Å². The lowest BCUT2D eigenvalue weighted by Gasteiger charge is -2.40. The predicted octanol–water partition coefficient (Wildman–Crippen LogP) is 4.05. The quantitative estimate of drug-likeness (QED) is 0.451. The van der Waals surface area contributed by atoms with Gasteiger partial charge in [-0.25, -0.2) is 4.39 Å². The van der Waals surface area contributed by atoms with E-state index in [-0.39, 0.29) is 28.0 Å². The molecule has 2 fully saturated rings. The molecule has 0 radical (unpaired) electrons. The van der Waals surface area contributed by atoms with Crippen LogP contribution in [0.1, 0.15) is 55.1 Å². The number of hydrogen-bond acceptors (Lipinski definition) is 6.